The van der Waals surface area contributed by atoms with Gasteiger partial charge in [0, 0.05) is 50.4 Å². The summed E-state index contributed by atoms with van der Waals surface area (Å²) in [6.07, 6.45) is 3.45. The molecule has 0 radical (unpaired) electrons. The van der Waals surface area contributed by atoms with Crippen molar-refractivity contribution in [2.24, 2.45) is 0 Å². The second kappa shape index (κ2) is 5.72. The fraction of sp³-hybridized carbons (Fsp3) is 0.636. The van der Waals surface area contributed by atoms with E-state index in [2.05, 4.69) is 19.8 Å². The number of nitro groups is 1. The van der Waals surface area contributed by atoms with Gasteiger partial charge in [0.05, 0.1) is 6.54 Å². The molecule has 1 unspecified atom stereocenters. The van der Waals surface area contributed by atoms with Crippen LogP contribution in [0.1, 0.15) is 6.92 Å². The van der Waals surface area contributed by atoms with Crippen LogP contribution < -0.4 is 4.90 Å². The van der Waals surface area contributed by atoms with Crippen LogP contribution in [0.3, 0.4) is 0 Å². The number of aromatic nitrogens is 2. The zero-order valence-electron chi connectivity index (χ0n) is 10.4. The summed E-state index contributed by atoms with van der Waals surface area (Å²) >= 11 is 0. The van der Waals surface area contributed by atoms with Crippen LogP contribution in [0.25, 0.3) is 0 Å². The lowest BCUT2D eigenvalue weighted by molar-refractivity contribution is -0.518. The van der Waals surface area contributed by atoms with E-state index in [1.807, 2.05) is 0 Å². The molecular formula is C11H17N5O2. The number of nitrogens with zero attached hydrogens (tertiary/aromatic N) is 5. The van der Waals surface area contributed by atoms with Crippen molar-refractivity contribution in [2.75, 3.05) is 37.6 Å². The van der Waals surface area contributed by atoms with Crippen LogP contribution in [0, 0.1) is 10.1 Å². The number of anilines is 1. The zero-order chi connectivity index (χ0) is 13.0. The first kappa shape index (κ1) is 12.7. The van der Waals surface area contributed by atoms with E-state index < -0.39 is 6.04 Å². The normalized spacial score (nSPS) is 18.6. The van der Waals surface area contributed by atoms with Crippen molar-refractivity contribution in [2.45, 2.75) is 13.0 Å². The summed E-state index contributed by atoms with van der Waals surface area (Å²) in [4.78, 5) is 23.0. The van der Waals surface area contributed by atoms with Gasteiger partial charge in [0.25, 0.3) is 0 Å². The molecule has 2 heterocycles. The van der Waals surface area contributed by atoms with Crippen LogP contribution in [0.5, 0.6) is 0 Å². The summed E-state index contributed by atoms with van der Waals surface area (Å²) in [5.74, 6) is 0.736. The molecule has 0 saturated carbocycles. The predicted octanol–water partition coefficient (Wildman–Crippen LogP) is 0.264. The van der Waals surface area contributed by atoms with Crippen LogP contribution >= 0.6 is 0 Å². The average molecular weight is 251 g/mol. The Hall–Kier alpha value is -1.76. The van der Waals surface area contributed by atoms with Gasteiger partial charge in [0.1, 0.15) is 0 Å². The third kappa shape index (κ3) is 3.13. The van der Waals surface area contributed by atoms with Crippen molar-refractivity contribution in [3.05, 3.63) is 28.6 Å². The molecule has 0 bridgehead atoms. The Balaban J connectivity index is 1.83. The molecule has 7 nitrogen and oxygen atoms in total. The van der Waals surface area contributed by atoms with E-state index in [4.69, 9.17) is 0 Å². The smallest absolute Gasteiger partial charge is 0.225 e. The van der Waals surface area contributed by atoms with Gasteiger partial charge >= 0.3 is 0 Å². The minimum Gasteiger partial charge on any atom is -0.338 e. The molecule has 0 N–H and O–H groups in total. The van der Waals surface area contributed by atoms with E-state index >= 15 is 0 Å². The molecule has 0 spiro atoms. The molecule has 1 fully saturated rings. The summed E-state index contributed by atoms with van der Waals surface area (Å²) < 4.78 is 0. The van der Waals surface area contributed by atoms with Crippen LogP contribution in [0.4, 0.5) is 5.95 Å². The van der Waals surface area contributed by atoms with E-state index in [-0.39, 0.29) is 4.92 Å². The van der Waals surface area contributed by atoms with E-state index in [0.717, 1.165) is 32.1 Å². The lowest BCUT2D eigenvalue weighted by atomic mass is 10.2. The maximum atomic E-state index is 10.6. The number of piperazine rings is 1. The minimum atomic E-state index is -0.510. The fourth-order valence-corrected chi connectivity index (χ4v) is 2.03. The molecule has 98 valence electrons. The Kier molecular flexibility index (Phi) is 4.03. The maximum Gasteiger partial charge on any atom is 0.225 e. The van der Waals surface area contributed by atoms with Crippen molar-refractivity contribution >= 4 is 5.95 Å². The van der Waals surface area contributed by atoms with Crippen LogP contribution in [0.15, 0.2) is 18.5 Å². The molecule has 7 heteroatoms. The van der Waals surface area contributed by atoms with E-state index in [9.17, 15) is 10.1 Å². The molecule has 1 saturated heterocycles. The lowest BCUT2D eigenvalue weighted by Gasteiger charge is -2.34. The molecule has 0 aromatic carbocycles. The minimum absolute atomic E-state index is 0.229. The van der Waals surface area contributed by atoms with E-state index in [0.29, 0.717) is 6.54 Å². The Bertz CT molecular complexity index is 392. The third-order valence-corrected chi connectivity index (χ3v) is 3.09. The highest BCUT2D eigenvalue weighted by molar-refractivity contribution is 5.29. The van der Waals surface area contributed by atoms with Gasteiger partial charge in [-0.15, -0.1) is 0 Å². The molecule has 0 aliphatic carbocycles. The summed E-state index contributed by atoms with van der Waals surface area (Å²) in [6.45, 7) is 5.42. The molecule has 1 aromatic heterocycles. The van der Waals surface area contributed by atoms with Crippen molar-refractivity contribution < 1.29 is 4.92 Å². The number of rotatable bonds is 4. The summed E-state index contributed by atoms with van der Waals surface area (Å²) in [7, 11) is 0. The molecule has 0 amide bonds. The molecule has 1 aliphatic rings. The molecular weight excluding hydrogens is 234 g/mol. The Morgan fingerprint density at radius 2 is 1.94 bits per heavy atom. The van der Waals surface area contributed by atoms with E-state index in [1.165, 1.54) is 0 Å². The van der Waals surface area contributed by atoms with Gasteiger partial charge in [0.2, 0.25) is 12.0 Å². The average Bonchev–Trinajstić information content (AvgIpc) is 2.40. The first-order valence-electron chi connectivity index (χ1n) is 6.04. The van der Waals surface area contributed by atoms with Gasteiger partial charge in [-0.1, -0.05) is 0 Å². The number of hydrogen-bond acceptors (Lipinski definition) is 6. The van der Waals surface area contributed by atoms with E-state index in [1.54, 1.807) is 25.4 Å². The first-order valence-corrected chi connectivity index (χ1v) is 6.04. The second-order valence-electron chi connectivity index (χ2n) is 4.47. The van der Waals surface area contributed by atoms with Crippen molar-refractivity contribution in [1.82, 2.24) is 14.9 Å². The van der Waals surface area contributed by atoms with Crippen molar-refractivity contribution in [3.63, 3.8) is 0 Å². The number of hydrogen-bond donors (Lipinski definition) is 0. The topological polar surface area (TPSA) is 75.4 Å². The predicted molar refractivity (Wildman–Crippen MR) is 67.1 cm³/mol. The van der Waals surface area contributed by atoms with Gasteiger partial charge < -0.3 is 4.90 Å². The van der Waals surface area contributed by atoms with Crippen LogP contribution in [-0.2, 0) is 0 Å². The molecule has 2 rings (SSSR count). The largest absolute Gasteiger partial charge is 0.338 e. The fourth-order valence-electron chi connectivity index (χ4n) is 2.03. The maximum absolute atomic E-state index is 10.6. The molecule has 1 aliphatic heterocycles. The van der Waals surface area contributed by atoms with Crippen molar-refractivity contribution in [3.8, 4) is 0 Å². The van der Waals surface area contributed by atoms with Gasteiger partial charge in [-0.3, -0.25) is 15.0 Å². The highest BCUT2D eigenvalue weighted by Crippen LogP contribution is 2.10. The first-order chi connectivity index (χ1) is 8.66. The van der Waals surface area contributed by atoms with Crippen molar-refractivity contribution in [1.29, 1.82) is 0 Å². The summed E-state index contributed by atoms with van der Waals surface area (Å²) in [5, 5.41) is 10.6. The lowest BCUT2D eigenvalue weighted by Crippen LogP contribution is -2.49. The molecule has 1 aromatic rings. The van der Waals surface area contributed by atoms with Gasteiger partial charge in [0.15, 0.2) is 0 Å². The van der Waals surface area contributed by atoms with Gasteiger partial charge in [-0.25, -0.2) is 9.97 Å². The highest BCUT2D eigenvalue weighted by atomic mass is 16.6. The Labute approximate surface area is 106 Å². The summed E-state index contributed by atoms with van der Waals surface area (Å²) in [5.41, 5.74) is 0. The summed E-state index contributed by atoms with van der Waals surface area (Å²) in [6, 6.07) is 1.28. The quantitative estimate of drug-likeness (QED) is 0.564. The Morgan fingerprint density at radius 1 is 1.33 bits per heavy atom. The Morgan fingerprint density at radius 3 is 2.50 bits per heavy atom. The second-order valence-corrected chi connectivity index (χ2v) is 4.47. The SMILES string of the molecule is CC(CN1CCN(c2ncccn2)CC1)[N+](=O)[O-]. The zero-order valence-corrected chi connectivity index (χ0v) is 10.4. The van der Waals surface area contributed by atoms with Crippen LogP contribution in [0.2, 0.25) is 0 Å². The molecule has 1 atom stereocenters. The van der Waals surface area contributed by atoms with Crippen LogP contribution in [-0.4, -0.2) is 58.6 Å². The van der Waals surface area contributed by atoms with Gasteiger partial charge in [-0.2, -0.15) is 0 Å². The third-order valence-electron chi connectivity index (χ3n) is 3.09. The highest BCUT2D eigenvalue weighted by Gasteiger charge is 2.23. The monoisotopic (exact) mass is 251 g/mol. The standard InChI is InChI=1S/C11H17N5O2/c1-10(16(17)18)9-14-5-7-15(8-6-14)11-12-3-2-4-13-11/h2-4,10H,5-9H2,1H3. The molecule has 18 heavy (non-hydrogen) atoms. The van der Waals surface area contributed by atoms with Gasteiger partial charge in [-0.05, 0) is 6.07 Å².